The number of nitrogens with zero attached hydrogens (tertiary/aromatic N) is 2. The largest absolute Gasteiger partial charge is 0.406 e. The highest BCUT2D eigenvalue weighted by Crippen LogP contribution is 2.20. The van der Waals surface area contributed by atoms with Crippen LogP contribution in [0.1, 0.15) is 22.3 Å². The molecule has 0 atom stereocenters. The van der Waals surface area contributed by atoms with Crippen LogP contribution < -0.4 is 0 Å². The van der Waals surface area contributed by atoms with Crippen molar-refractivity contribution in [2.45, 2.75) is 19.5 Å². The lowest BCUT2D eigenvalue weighted by Crippen LogP contribution is -2.39. The summed E-state index contributed by atoms with van der Waals surface area (Å²) in [4.78, 5) is 12.6. The Morgan fingerprint density at radius 1 is 1.40 bits per heavy atom. The standard InChI is InChI=1S/C13H12F4N2O/c1-9-3-4-10(14)7-11(9)12(20)19(6-2-5-18)8-13(15,16)17/h3-4,7H,2,6,8H2,1H3. The summed E-state index contributed by atoms with van der Waals surface area (Å²) < 4.78 is 50.4. The molecule has 0 N–H and O–H groups in total. The van der Waals surface area contributed by atoms with Crippen molar-refractivity contribution in [3.63, 3.8) is 0 Å². The van der Waals surface area contributed by atoms with Crippen molar-refractivity contribution in [1.82, 2.24) is 4.90 Å². The summed E-state index contributed by atoms with van der Waals surface area (Å²) in [5.74, 6) is -1.64. The van der Waals surface area contributed by atoms with E-state index < -0.39 is 24.4 Å². The molecule has 0 unspecified atom stereocenters. The molecule has 0 heterocycles. The molecule has 0 saturated heterocycles. The summed E-state index contributed by atoms with van der Waals surface area (Å²) in [5, 5.41) is 8.44. The van der Waals surface area contributed by atoms with Crippen LogP contribution in [0.4, 0.5) is 17.6 Å². The molecule has 0 radical (unpaired) electrons. The molecule has 0 fully saturated rings. The molecule has 0 aliphatic rings. The molecule has 0 spiro atoms. The zero-order valence-electron chi connectivity index (χ0n) is 10.7. The van der Waals surface area contributed by atoms with Crippen LogP contribution >= 0.6 is 0 Å². The van der Waals surface area contributed by atoms with Crippen molar-refractivity contribution in [3.05, 3.63) is 35.1 Å². The average molecular weight is 288 g/mol. The Balaban J connectivity index is 3.03. The van der Waals surface area contributed by atoms with Crippen molar-refractivity contribution in [3.8, 4) is 6.07 Å². The minimum absolute atomic E-state index is 0.132. The summed E-state index contributed by atoms with van der Waals surface area (Å²) in [6.07, 6.45) is -4.80. The van der Waals surface area contributed by atoms with Gasteiger partial charge < -0.3 is 4.90 Å². The van der Waals surface area contributed by atoms with E-state index in [1.165, 1.54) is 13.0 Å². The van der Waals surface area contributed by atoms with Crippen molar-refractivity contribution < 1.29 is 22.4 Å². The summed E-state index contributed by atoms with van der Waals surface area (Å²) in [7, 11) is 0. The Bertz CT molecular complexity index is 534. The predicted molar refractivity (Wildman–Crippen MR) is 63.3 cm³/mol. The maximum absolute atomic E-state index is 13.1. The van der Waals surface area contributed by atoms with Gasteiger partial charge in [-0.2, -0.15) is 18.4 Å². The Morgan fingerprint density at radius 3 is 2.60 bits per heavy atom. The molecule has 3 nitrogen and oxygen atoms in total. The molecule has 1 aromatic rings. The van der Waals surface area contributed by atoms with E-state index in [0.717, 1.165) is 12.1 Å². The van der Waals surface area contributed by atoms with Crippen LogP contribution in [0, 0.1) is 24.1 Å². The van der Waals surface area contributed by atoms with Crippen LogP contribution in [0.25, 0.3) is 0 Å². The number of alkyl halides is 3. The maximum Gasteiger partial charge on any atom is 0.406 e. The third-order valence-electron chi connectivity index (χ3n) is 2.58. The second kappa shape index (κ2) is 6.37. The maximum atomic E-state index is 13.1. The quantitative estimate of drug-likeness (QED) is 0.799. The molecule has 20 heavy (non-hydrogen) atoms. The number of halogens is 4. The molecular weight excluding hydrogens is 276 g/mol. The first-order chi connectivity index (χ1) is 9.24. The van der Waals surface area contributed by atoms with Crippen LogP contribution in [0.5, 0.6) is 0 Å². The van der Waals surface area contributed by atoms with Gasteiger partial charge in [0.2, 0.25) is 0 Å². The van der Waals surface area contributed by atoms with E-state index in [1.807, 2.05) is 0 Å². The van der Waals surface area contributed by atoms with Gasteiger partial charge in [-0.05, 0) is 24.6 Å². The summed E-state index contributed by atoms with van der Waals surface area (Å²) in [6, 6.07) is 5.02. The number of carbonyl (C=O) groups excluding carboxylic acids is 1. The summed E-state index contributed by atoms with van der Waals surface area (Å²) in [5.41, 5.74) is 0.243. The molecule has 1 amide bonds. The zero-order valence-corrected chi connectivity index (χ0v) is 10.7. The molecule has 0 aliphatic carbocycles. The van der Waals surface area contributed by atoms with E-state index in [9.17, 15) is 22.4 Å². The Labute approximate surface area is 113 Å². The van der Waals surface area contributed by atoms with E-state index in [4.69, 9.17) is 5.26 Å². The van der Waals surface area contributed by atoms with Gasteiger partial charge >= 0.3 is 6.18 Å². The second-order valence-electron chi connectivity index (χ2n) is 4.21. The number of hydrogen-bond donors (Lipinski definition) is 0. The summed E-state index contributed by atoms with van der Waals surface area (Å²) >= 11 is 0. The number of benzene rings is 1. The third-order valence-corrected chi connectivity index (χ3v) is 2.58. The van der Waals surface area contributed by atoms with E-state index in [0.29, 0.717) is 10.5 Å². The minimum Gasteiger partial charge on any atom is -0.328 e. The van der Waals surface area contributed by atoms with Gasteiger partial charge in [-0.3, -0.25) is 4.79 Å². The van der Waals surface area contributed by atoms with Gasteiger partial charge in [-0.1, -0.05) is 6.07 Å². The third kappa shape index (κ3) is 4.53. The van der Waals surface area contributed by atoms with Crippen LogP contribution in [0.15, 0.2) is 18.2 Å². The van der Waals surface area contributed by atoms with E-state index in [2.05, 4.69) is 0 Å². The normalized spacial score (nSPS) is 11.0. The molecule has 7 heteroatoms. The highest BCUT2D eigenvalue weighted by Gasteiger charge is 2.33. The smallest absolute Gasteiger partial charge is 0.328 e. The van der Waals surface area contributed by atoms with Gasteiger partial charge in [0.25, 0.3) is 5.91 Å². The van der Waals surface area contributed by atoms with Crippen LogP contribution in [0.3, 0.4) is 0 Å². The fraction of sp³-hybridized carbons (Fsp3) is 0.385. The number of rotatable bonds is 4. The molecule has 0 saturated carbocycles. The number of carbonyl (C=O) groups is 1. The Morgan fingerprint density at radius 2 is 2.05 bits per heavy atom. The highest BCUT2D eigenvalue weighted by molar-refractivity contribution is 5.95. The minimum atomic E-state index is -4.58. The molecule has 1 rings (SSSR count). The monoisotopic (exact) mass is 288 g/mol. The van der Waals surface area contributed by atoms with Gasteiger partial charge in [0.1, 0.15) is 12.4 Å². The molecule has 1 aromatic carbocycles. The lowest BCUT2D eigenvalue weighted by molar-refractivity contribution is -0.140. The molecule has 108 valence electrons. The average Bonchev–Trinajstić information content (AvgIpc) is 2.35. The fourth-order valence-electron chi connectivity index (χ4n) is 1.65. The molecular formula is C13H12F4N2O. The number of amides is 1. The number of hydrogen-bond acceptors (Lipinski definition) is 2. The van der Waals surface area contributed by atoms with Gasteiger partial charge in [-0.25, -0.2) is 4.39 Å². The van der Waals surface area contributed by atoms with Crippen LogP contribution in [-0.2, 0) is 0 Å². The van der Waals surface area contributed by atoms with E-state index >= 15 is 0 Å². The molecule has 0 aromatic heterocycles. The predicted octanol–water partition coefficient (Wildman–Crippen LogP) is 3.05. The highest BCUT2D eigenvalue weighted by atomic mass is 19.4. The first-order valence-electron chi connectivity index (χ1n) is 5.73. The topological polar surface area (TPSA) is 44.1 Å². The van der Waals surface area contributed by atoms with Crippen molar-refractivity contribution >= 4 is 5.91 Å². The van der Waals surface area contributed by atoms with Crippen LogP contribution in [-0.4, -0.2) is 30.1 Å². The van der Waals surface area contributed by atoms with E-state index in [-0.39, 0.29) is 18.5 Å². The summed E-state index contributed by atoms with van der Waals surface area (Å²) in [6.45, 7) is -0.322. The fourth-order valence-corrected chi connectivity index (χ4v) is 1.65. The Kier molecular flexibility index (Phi) is 5.08. The number of nitriles is 1. The van der Waals surface area contributed by atoms with Crippen molar-refractivity contribution in [1.29, 1.82) is 5.26 Å². The SMILES string of the molecule is Cc1ccc(F)cc1C(=O)N(CCC#N)CC(F)(F)F. The number of aryl methyl sites for hydroxylation is 1. The van der Waals surface area contributed by atoms with Crippen molar-refractivity contribution in [2.75, 3.05) is 13.1 Å². The van der Waals surface area contributed by atoms with Gasteiger partial charge in [0, 0.05) is 12.1 Å². The first kappa shape index (κ1) is 16.0. The van der Waals surface area contributed by atoms with E-state index in [1.54, 1.807) is 6.07 Å². The molecule has 0 bridgehead atoms. The second-order valence-corrected chi connectivity index (χ2v) is 4.21. The first-order valence-corrected chi connectivity index (χ1v) is 5.73. The van der Waals surface area contributed by atoms with Gasteiger partial charge in [-0.15, -0.1) is 0 Å². The van der Waals surface area contributed by atoms with Crippen molar-refractivity contribution in [2.24, 2.45) is 0 Å². The van der Waals surface area contributed by atoms with Gasteiger partial charge in [0.15, 0.2) is 0 Å². The lowest BCUT2D eigenvalue weighted by Gasteiger charge is -2.23. The van der Waals surface area contributed by atoms with Gasteiger partial charge in [0.05, 0.1) is 12.5 Å². The Hall–Kier alpha value is -2.10. The van der Waals surface area contributed by atoms with Crippen LogP contribution in [0.2, 0.25) is 0 Å². The lowest BCUT2D eigenvalue weighted by atomic mass is 10.1. The zero-order chi connectivity index (χ0) is 15.3. The molecule has 0 aliphatic heterocycles.